The Balaban J connectivity index is 2.81. The molecule has 0 amide bonds. The van der Waals surface area contributed by atoms with Crippen LogP contribution in [0.25, 0.3) is 0 Å². The van der Waals surface area contributed by atoms with E-state index in [1.54, 1.807) is 19.2 Å². The number of carbonyl (C=O) groups is 1. The molecular formula is C10H14O4. The Morgan fingerprint density at radius 3 is 2.71 bits per heavy atom. The van der Waals surface area contributed by atoms with Crippen molar-refractivity contribution in [1.82, 2.24) is 0 Å². The highest BCUT2D eigenvalue weighted by atomic mass is 16.5. The van der Waals surface area contributed by atoms with E-state index in [0.29, 0.717) is 5.76 Å². The molecule has 4 nitrogen and oxygen atoms in total. The number of esters is 1. The maximum Gasteiger partial charge on any atom is 0.373 e. The van der Waals surface area contributed by atoms with Crippen molar-refractivity contribution in [3.63, 3.8) is 0 Å². The van der Waals surface area contributed by atoms with E-state index in [4.69, 9.17) is 9.15 Å². The van der Waals surface area contributed by atoms with Crippen molar-refractivity contribution < 1.29 is 18.7 Å². The van der Waals surface area contributed by atoms with Gasteiger partial charge in [-0.2, -0.15) is 0 Å². The van der Waals surface area contributed by atoms with Gasteiger partial charge in [-0.3, -0.25) is 0 Å². The van der Waals surface area contributed by atoms with Crippen LogP contribution < -0.4 is 0 Å². The molecule has 0 fully saturated rings. The molecule has 0 saturated heterocycles. The fourth-order valence-corrected chi connectivity index (χ4v) is 1.22. The predicted octanol–water partition coefficient (Wildman–Crippen LogP) is 2.16. The summed E-state index contributed by atoms with van der Waals surface area (Å²) in [6, 6.07) is 3.31. The van der Waals surface area contributed by atoms with Crippen LogP contribution >= 0.6 is 0 Å². The van der Waals surface area contributed by atoms with Crippen molar-refractivity contribution in [1.29, 1.82) is 0 Å². The van der Waals surface area contributed by atoms with Gasteiger partial charge < -0.3 is 13.9 Å². The molecule has 1 heterocycles. The third kappa shape index (κ3) is 2.14. The van der Waals surface area contributed by atoms with Gasteiger partial charge in [0.1, 0.15) is 11.9 Å². The Kier molecular flexibility index (Phi) is 3.71. The molecule has 0 aliphatic rings. The summed E-state index contributed by atoms with van der Waals surface area (Å²) < 4.78 is 15.0. The fraction of sp³-hybridized carbons (Fsp3) is 0.500. The first-order chi connectivity index (χ1) is 6.72. The second kappa shape index (κ2) is 4.81. The Morgan fingerprint density at radius 2 is 2.21 bits per heavy atom. The lowest BCUT2D eigenvalue weighted by Gasteiger charge is -2.08. The number of hydrogen-bond acceptors (Lipinski definition) is 4. The van der Waals surface area contributed by atoms with E-state index in [1.165, 1.54) is 7.11 Å². The molecule has 1 atom stereocenters. The first kappa shape index (κ1) is 10.8. The van der Waals surface area contributed by atoms with Crippen LogP contribution in [0.1, 0.15) is 35.8 Å². The maximum atomic E-state index is 11.1. The van der Waals surface area contributed by atoms with Crippen molar-refractivity contribution in [3.8, 4) is 0 Å². The van der Waals surface area contributed by atoms with Gasteiger partial charge in [0.25, 0.3) is 0 Å². The minimum Gasteiger partial charge on any atom is -0.463 e. The minimum absolute atomic E-state index is 0.103. The van der Waals surface area contributed by atoms with Gasteiger partial charge >= 0.3 is 5.97 Å². The zero-order valence-corrected chi connectivity index (χ0v) is 8.57. The lowest BCUT2D eigenvalue weighted by molar-refractivity contribution is 0.0534. The third-order valence-corrected chi connectivity index (χ3v) is 1.99. The lowest BCUT2D eigenvalue weighted by atomic mass is 10.2. The molecule has 0 N–H and O–H groups in total. The van der Waals surface area contributed by atoms with E-state index in [2.05, 4.69) is 4.74 Å². The van der Waals surface area contributed by atoms with Gasteiger partial charge in [0.05, 0.1) is 7.11 Å². The Bertz CT molecular complexity index is 299. The number of hydrogen-bond donors (Lipinski definition) is 0. The molecule has 78 valence electrons. The van der Waals surface area contributed by atoms with Crippen LogP contribution in [-0.2, 0) is 9.47 Å². The molecule has 0 aromatic carbocycles. The van der Waals surface area contributed by atoms with E-state index in [1.807, 2.05) is 6.92 Å². The molecule has 0 bridgehead atoms. The normalized spacial score (nSPS) is 12.5. The summed E-state index contributed by atoms with van der Waals surface area (Å²) in [5, 5.41) is 0. The van der Waals surface area contributed by atoms with Crippen LogP contribution in [0.2, 0.25) is 0 Å². The van der Waals surface area contributed by atoms with Crippen LogP contribution in [0.15, 0.2) is 16.5 Å². The van der Waals surface area contributed by atoms with E-state index in [-0.39, 0.29) is 11.9 Å². The molecule has 1 unspecified atom stereocenters. The van der Waals surface area contributed by atoms with Gasteiger partial charge in [-0.1, -0.05) is 6.92 Å². The number of furan rings is 1. The van der Waals surface area contributed by atoms with E-state index >= 15 is 0 Å². The van der Waals surface area contributed by atoms with Crippen molar-refractivity contribution >= 4 is 5.97 Å². The average molecular weight is 198 g/mol. The monoisotopic (exact) mass is 198 g/mol. The fourth-order valence-electron chi connectivity index (χ4n) is 1.22. The topological polar surface area (TPSA) is 48.7 Å². The summed E-state index contributed by atoms with van der Waals surface area (Å²) in [6.07, 6.45) is 0.693. The summed E-state index contributed by atoms with van der Waals surface area (Å²) in [6.45, 7) is 1.98. The van der Waals surface area contributed by atoms with Crippen LogP contribution in [0.4, 0.5) is 0 Å². The maximum absolute atomic E-state index is 11.1. The minimum atomic E-state index is -0.470. The van der Waals surface area contributed by atoms with E-state index < -0.39 is 5.97 Å². The average Bonchev–Trinajstić information content (AvgIpc) is 2.68. The largest absolute Gasteiger partial charge is 0.463 e. The molecule has 4 heteroatoms. The van der Waals surface area contributed by atoms with E-state index in [9.17, 15) is 4.79 Å². The molecule has 1 aromatic heterocycles. The third-order valence-electron chi connectivity index (χ3n) is 1.99. The number of rotatable bonds is 4. The van der Waals surface area contributed by atoms with Gasteiger partial charge in [0, 0.05) is 7.11 Å². The summed E-state index contributed by atoms with van der Waals surface area (Å²) >= 11 is 0. The van der Waals surface area contributed by atoms with Gasteiger partial charge in [0.15, 0.2) is 0 Å². The van der Waals surface area contributed by atoms with Gasteiger partial charge in [0.2, 0.25) is 5.76 Å². The molecule has 0 spiro atoms. The van der Waals surface area contributed by atoms with E-state index in [0.717, 1.165) is 6.42 Å². The molecule has 0 aliphatic carbocycles. The zero-order chi connectivity index (χ0) is 10.6. The van der Waals surface area contributed by atoms with Crippen LogP contribution in [0.5, 0.6) is 0 Å². The van der Waals surface area contributed by atoms with Crippen molar-refractivity contribution in [2.75, 3.05) is 14.2 Å². The second-order valence-electron chi connectivity index (χ2n) is 2.83. The SMILES string of the molecule is CCC(OC)c1ccc(C(=O)OC)o1. The second-order valence-corrected chi connectivity index (χ2v) is 2.83. The lowest BCUT2D eigenvalue weighted by Crippen LogP contribution is -2.00. The molecule has 0 saturated carbocycles. The molecule has 0 radical (unpaired) electrons. The summed E-state index contributed by atoms with van der Waals surface area (Å²) in [7, 11) is 2.92. The quantitative estimate of drug-likeness (QED) is 0.695. The summed E-state index contributed by atoms with van der Waals surface area (Å²) in [5.41, 5.74) is 0. The summed E-state index contributed by atoms with van der Waals surface area (Å²) in [4.78, 5) is 11.1. The summed E-state index contributed by atoms with van der Waals surface area (Å²) in [5.74, 6) is 0.385. The Labute approximate surface area is 82.8 Å². The van der Waals surface area contributed by atoms with Gasteiger partial charge in [-0.05, 0) is 18.6 Å². The van der Waals surface area contributed by atoms with Crippen molar-refractivity contribution in [2.24, 2.45) is 0 Å². The Hall–Kier alpha value is -1.29. The zero-order valence-electron chi connectivity index (χ0n) is 8.57. The predicted molar refractivity (Wildman–Crippen MR) is 50.1 cm³/mol. The van der Waals surface area contributed by atoms with Gasteiger partial charge in [-0.15, -0.1) is 0 Å². The molecule has 1 rings (SSSR count). The first-order valence-corrected chi connectivity index (χ1v) is 4.43. The van der Waals surface area contributed by atoms with Crippen LogP contribution in [0, 0.1) is 0 Å². The van der Waals surface area contributed by atoms with Crippen LogP contribution in [-0.4, -0.2) is 20.2 Å². The highest BCUT2D eigenvalue weighted by Crippen LogP contribution is 2.22. The standard InChI is InChI=1S/C10H14O4/c1-4-7(12-2)8-5-6-9(14-8)10(11)13-3/h5-7H,4H2,1-3H3. The molecule has 1 aromatic rings. The smallest absolute Gasteiger partial charge is 0.373 e. The first-order valence-electron chi connectivity index (χ1n) is 4.43. The van der Waals surface area contributed by atoms with Crippen LogP contribution in [0.3, 0.4) is 0 Å². The van der Waals surface area contributed by atoms with Gasteiger partial charge in [-0.25, -0.2) is 4.79 Å². The number of carbonyl (C=O) groups excluding carboxylic acids is 1. The molecule has 14 heavy (non-hydrogen) atoms. The van der Waals surface area contributed by atoms with Crippen molar-refractivity contribution in [2.45, 2.75) is 19.4 Å². The highest BCUT2D eigenvalue weighted by molar-refractivity contribution is 5.86. The molecule has 0 aliphatic heterocycles. The van der Waals surface area contributed by atoms with Crippen molar-refractivity contribution in [3.05, 3.63) is 23.7 Å². The highest BCUT2D eigenvalue weighted by Gasteiger charge is 2.16. The Morgan fingerprint density at radius 1 is 1.50 bits per heavy atom. The number of ether oxygens (including phenoxy) is 2. The number of methoxy groups -OCH3 is 2. The molecular weight excluding hydrogens is 184 g/mol.